The van der Waals surface area contributed by atoms with Crippen LogP contribution < -0.4 is 0 Å². The second kappa shape index (κ2) is 4.02. The maximum atomic E-state index is 6.09. The fraction of sp³-hybridized carbons (Fsp3) is 0.778. The minimum Gasteiger partial charge on any atom is -0.122 e. The molecular weight excluding hydrogens is 144 g/mol. The third-order valence-electron chi connectivity index (χ3n) is 1.56. The smallest absolute Gasteiger partial charge is 0.0387 e. The van der Waals surface area contributed by atoms with Gasteiger partial charge >= 0.3 is 0 Å². The van der Waals surface area contributed by atoms with Crippen LogP contribution in [0.1, 0.15) is 33.6 Å². The van der Waals surface area contributed by atoms with Gasteiger partial charge in [0.15, 0.2) is 0 Å². The summed E-state index contributed by atoms with van der Waals surface area (Å²) in [5.41, 5.74) is 0.227. The molecule has 0 aromatic rings. The number of rotatable bonds is 3. The summed E-state index contributed by atoms with van der Waals surface area (Å²) >= 11 is 6.09. The van der Waals surface area contributed by atoms with Crippen LogP contribution in [0.15, 0.2) is 12.7 Å². The van der Waals surface area contributed by atoms with Gasteiger partial charge in [-0.2, -0.15) is 0 Å². The summed E-state index contributed by atoms with van der Waals surface area (Å²) in [5, 5.41) is 0.269. The van der Waals surface area contributed by atoms with Gasteiger partial charge in [0.05, 0.1) is 0 Å². The molecular formula is C9H17Cl. The number of allylic oxidation sites excluding steroid dienone is 1. The van der Waals surface area contributed by atoms with Crippen molar-refractivity contribution in [2.75, 3.05) is 0 Å². The fourth-order valence-corrected chi connectivity index (χ4v) is 0.823. The van der Waals surface area contributed by atoms with Gasteiger partial charge in [0.1, 0.15) is 0 Å². The van der Waals surface area contributed by atoms with E-state index in [0.29, 0.717) is 0 Å². The average molecular weight is 161 g/mol. The summed E-state index contributed by atoms with van der Waals surface area (Å²) in [7, 11) is 0. The van der Waals surface area contributed by atoms with E-state index in [1.54, 1.807) is 0 Å². The predicted octanol–water partition coefficient (Wildman–Crippen LogP) is 3.61. The van der Waals surface area contributed by atoms with E-state index in [0.717, 1.165) is 12.8 Å². The molecule has 1 heteroatoms. The molecule has 0 aliphatic heterocycles. The molecule has 0 saturated carbocycles. The summed E-state index contributed by atoms with van der Waals surface area (Å²) < 4.78 is 0. The van der Waals surface area contributed by atoms with E-state index in [1.165, 1.54) is 0 Å². The van der Waals surface area contributed by atoms with Gasteiger partial charge in [-0.25, -0.2) is 0 Å². The van der Waals surface area contributed by atoms with Crippen LogP contribution in [-0.4, -0.2) is 5.38 Å². The fourth-order valence-electron chi connectivity index (χ4n) is 0.697. The lowest BCUT2D eigenvalue weighted by molar-refractivity contribution is 0.375. The number of hydrogen-bond donors (Lipinski definition) is 0. The Labute approximate surface area is 69.3 Å². The van der Waals surface area contributed by atoms with Crippen LogP contribution in [0.3, 0.4) is 0 Å². The zero-order valence-corrected chi connectivity index (χ0v) is 7.91. The first-order valence-electron chi connectivity index (χ1n) is 3.73. The van der Waals surface area contributed by atoms with Crippen molar-refractivity contribution < 1.29 is 0 Å². The molecule has 0 heterocycles. The number of halogens is 1. The van der Waals surface area contributed by atoms with Gasteiger partial charge < -0.3 is 0 Å². The summed E-state index contributed by atoms with van der Waals surface area (Å²) in [4.78, 5) is 0. The maximum Gasteiger partial charge on any atom is 0.0387 e. The summed E-state index contributed by atoms with van der Waals surface area (Å²) in [6, 6.07) is 0. The normalized spacial score (nSPS) is 14.8. The molecule has 0 fully saturated rings. The Bertz CT molecular complexity index is 99.8. The van der Waals surface area contributed by atoms with Crippen LogP contribution in [0.2, 0.25) is 0 Å². The van der Waals surface area contributed by atoms with Crippen molar-refractivity contribution in [1.29, 1.82) is 0 Å². The van der Waals surface area contributed by atoms with Gasteiger partial charge in [0.2, 0.25) is 0 Å². The highest BCUT2D eigenvalue weighted by Gasteiger charge is 2.20. The van der Waals surface area contributed by atoms with Gasteiger partial charge in [-0.3, -0.25) is 0 Å². The molecule has 0 nitrogen and oxygen atoms in total. The van der Waals surface area contributed by atoms with Crippen molar-refractivity contribution in [3.63, 3.8) is 0 Å². The first-order valence-corrected chi connectivity index (χ1v) is 4.17. The Kier molecular flexibility index (Phi) is 4.04. The summed E-state index contributed by atoms with van der Waals surface area (Å²) in [6.07, 6.45) is 3.97. The molecule has 0 aliphatic rings. The second-order valence-electron chi connectivity index (χ2n) is 3.70. The standard InChI is InChI=1S/C9H17Cl/c1-5-6-7-8(10)9(2,3)4/h5,8H,1,6-7H2,2-4H3. The van der Waals surface area contributed by atoms with Crippen molar-refractivity contribution in [3.8, 4) is 0 Å². The van der Waals surface area contributed by atoms with E-state index in [4.69, 9.17) is 11.6 Å². The molecule has 1 unspecified atom stereocenters. The molecule has 0 bridgehead atoms. The largest absolute Gasteiger partial charge is 0.122 e. The van der Waals surface area contributed by atoms with Gasteiger partial charge in [0.25, 0.3) is 0 Å². The molecule has 60 valence electrons. The lowest BCUT2D eigenvalue weighted by atomic mass is 9.89. The van der Waals surface area contributed by atoms with Crippen molar-refractivity contribution in [2.45, 2.75) is 39.0 Å². The van der Waals surface area contributed by atoms with Crippen molar-refractivity contribution >= 4 is 11.6 Å². The van der Waals surface area contributed by atoms with Crippen LogP contribution in [0.25, 0.3) is 0 Å². The van der Waals surface area contributed by atoms with Gasteiger partial charge in [-0.1, -0.05) is 26.8 Å². The molecule has 0 rings (SSSR count). The highest BCUT2D eigenvalue weighted by molar-refractivity contribution is 6.21. The van der Waals surface area contributed by atoms with Gasteiger partial charge in [-0.05, 0) is 18.3 Å². The minimum absolute atomic E-state index is 0.227. The van der Waals surface area contributed by atoms with E-state index in [9.17, 15) is 0 Å². The lowest BCUT2D eigenvalue weighted by Crippen LogP contribution is -2.20. The van der Waals surface area contributed by atoms with Crippen molar-refractivity contribution in [3.05, 3.63) is 12.7 Å². The molecule has 0 N–H and O–H groups in total. The molecule has 0 aromatic heterocycles. The van der Waals surface area contributed by atoms with Crippen LogP contribution in [-0.2, 0) is 0 Å². The molecule has 0 amide bonds. The molecule has 1 atom stereocenters. The van der Waals surface area contributed by atoms with Crippen LogP contribution >= 0.6 is 11.6 Å². The molecule has 0 aliphatic carbocycles. The Morgan fingerprint density at radius 1 is 1.50 bits per heavy atom. The summed E-state index contributed by atoms with van der Waals surface area (Å²) in [6.45, 7) is 10.1. The topological polar surface area (TPSA) is 0 Å². The lowest BCUT2D eigenvalue weighted by Gasteiger charge is -2.24. The third kappa shape index (κ3) is 3.94. The minimum atomic E-state index is 0.227. The van der Waals surface area contributed by atoms with Gasteiger partial charge in [-0.15, -0.1) is 18.2 Å². The Hall–Kier alpha value is 0.0300. The van der Waals surface area contributed by atoms with Crippen molar-refractivity contribution in [1.82, 2.24) is 0 Å². The first-order chi connectivity index (χ1) is 4.48. The zero-order valence-electron chi connectivity index (χ0n) is 7.15. The highest BCUT2D eigenvalue weighted by Crippen LogP contribution is 2.27. The number of alkyl halides is 1. The van der Waals surface area contributed by atoms with Crippen molar-refractivity contribution in [2.24, 2.45) is 5.41 Å². The second-order valence-corrected chi connectivity index (χ2v) is 4.23. The van der Waals surface area contributed by atoms with Crippen LogP contribution in [0.5, 0.6) is 0 Å². The van der Waals surface area contributed by atoms with E-state index in [1.807, 2.05) is 6.08 Å². The first kappa shape index (κ1) is 10.0. The molecule has 0 spiro atoms. The maximum absolute atomic E-state index is 6.09. The summed E-state index contributed by atoms with van der Waals surface area (Å²) in [5.74, 6) is 0. The van der Waals surface area contributed by atoms with E-state index < -0.39 is 0 Å². The molecule has 10 heavy (non-hydrogen) atoms. The molecule has 0 aromatic carbocycles. The Balaban J connectivity index is 3.61. The van der Waals surface area contributed by atoms with E-state index >= 15 is 0 Å². The van der Waals surface area contributed by atoms with E-state index in [2.05, 4.69) is 27.4 Å². The van der Waals surface area contributed by atoms with Gasteiger partial charge in [0, 0.05) is 5.38 Å². The third-order valence-corrected chi connectivity index (χ3v) is 2.44. The Morgan fingerprint density at radius 2 is 2.00 bits per heavy atom. The Morgan fingerprint density at radius 3 is 2.30 bits per heavy atom. The number of hydrogen-bond acceptors (Lipinski definition) is 0. The van der Waals surface area contributed by atoms with Crippen LogP contribution in [0, 0.1) is 5.41 Å². The van der Waals surface area contributed by atoms with E-state index in [-0.39, 0.29) is 10.8 Å². The van der Waals surface area contributed by atoms with Crippen LogP contribution in [0.4, 0.5) is 0 Å². The monoisotopic (exact) mass is 160 g/mol. The molecule has 0 radical (unpaired) electrons. The quantitative estimate of drug-likeness (QED) is 0.437. The predicted molar refractivity (Wildman–Crippen MR) is 48.5 cm³/mol. The highest BCUT2D eigenvalue weighted by atomic mass is 35.5. The molecule has 0 saturated heterocycles. The average Bonchev–Trinajstić information content (AvgIpc) is 1.80. The zero-order chi connectivity index (χ0) is 8.20. The SMILES string of the molecule is C=CCCC(Cl)C(C)(C)C.